The molecule has 4 saturated carbocycles. The molecule has 5 aliphatic rings. The molecule has 5 rings (SSSR count). The molecule has 0 spiro atoms. The number of hydrogen-bond acceptors (Lipinski definition) is 7. The third-order valence-corrected chi connectivity index (χ3v) is 11.0. The summed E-state index contributed by atoms with van der Waals surface area (Å²) in [4.78, 5) is 0. The molecular weight excluding hydrogens is 424 g/mol. The molecule has 0 bridgehead atoms. The zero-order valence-electron chi connectivity index (χ0n) is 20.4. The quantitative estimate of drug-likeness (QED) is 0.501. The average Bonchev–Trinajstić information content (AvgIpc) is 3.15. The van der Waals surface area contributed by atoms with Crippen LogP contribution in [-0.4, -0.2) is 77.1 Å². The third-order valence-electron chi connectivity index (χ3n) is 11.0. The molecule has 0 radical (unpaired) electrons. The van der Waals surface area contributed by atoms with Crippen molar-refractivity contribution in [2.45, 2.75) is 115 Å². The molecule has 1 heterocycles. The number of rotatable bonds is 4. The van der Waals surface area contributed by atoms with Crippen LogP contribution >= 0.6 is 0 Å². The lowest BCUT2D eigenvalue weighted by Gasteiger charge is -2.61. The maximum absolute atomic E-state index is 10.5. The zero-order chi connectivity index (χ0) is 23.5. The molecule has 7 nitrogen and oxygen atoms in total. The highest BCUT2D eigenvalue weighted by Gasteiger charge is 2.60. The van der Waals surface area contributed by atoms with Gasteiger partial charge in [0.2, 0.25) is 0 Å². The number of fused-ring (bicyclic) bond motifs is 5. The monoisotopic (exact) mass is 468 g/mol. The van der Waals surface area contributed by atoms with Gasteiger partial charge >= 0.3 is 0 Å². The average molecular weight is 469 g/mol. The van der Waals surface area contributed by atoms with Gasteiger partial charge in [-0.15, -0.1) is 0 Å². The second-order valence-corrected chi connectivity index (χ2v) is 12.2. The summed E-state index contributed by atoms with van der Waals surface area (Å²) in [5.74, 6) is 2.93. The molecular formula is C26H44O7. The Hall–Kier alpha value is -0.280. The van der Waals surface area contributed by atoms with Crippen LogP contribution in [0.4, 0.5) is 0 Å². The normalized spacial score (nSPS) is 56.6. The predicted octanol–water partition coefficient (Wildman–Crippen LogP) is 2.23. The van der Waals surface area contributed by atoms with Gasteiger partial charge in [-0.3, -0.25) is 0 Å². The molecule has 7 heteroatoms. The lowest BCUT2D eigenvalue weighted by Crippen LogP contribution is -2.60. The van der Waals surface area contributed by atoms with E-state index in [2.05, 4.69) is 13.8 Å². The third kappa shape index (κ3) is 3.81. The van der Waals surface area contributed by atoms with Crippen LogP contribution in [0.15, 0.2) is 0 Å². The van der Waals surface area contributed by atoms with Gasteiger partial charge in [-0.05, 0) is 92.3 Å². The first-order valence-electron chi connectivity index (χ1n) is 13.2. The van der Waals surface area contributed by atoms with Crippen molar-refractivity contribution in [2.75, 3.05) is 13.7 Å². The fourth-order valence-corrected chi connectivity index (χ4v) is 9.14. The van der Waals surface area contributed by atoms with Crippen LogP contribution in [0.25, 0.3) is 0 Å². The lowest BCUT2D eigenvalue weighted by atomic mass is 9.45. The van der Waals surface area contributed by atoms with E-state index in [1.165, 1.54) is 38.5 Å². The molecule has 4 aliphatic carbocycles. The summed E-state index contributed by atoms with van der Waals surface area (Å²) in [7, 11) is 1.89. The minimum atomic E-state index is -1.51. The van der Waals surface area contributed by atoms with E-state index in [9.17, 15) is 20.4 Å². The smallest absolute Gasteiger partial charge is 0.184 e. The van der Waals surface area contributed by atoms with E-state index in [1.54, 1.807) is 0 Å². The molecule has 190 valence electrons. The van der Waals surface area contributed by atoms with Crippen molar-refractivity contribution < 1.29 is 34.6 Å². The Labute approximate surface area is 197 Å². The van der Waals surface area contributed by atoms with E-state index in [0.29, 0.717) is 22.9 Å². The van der Waals surface area contributed by atoms with Gasteiger partial charge in [-0.2, -0.15) is 0 Å². The maximum atomic E-state index is 10.5. The van der Waals surface area contributed by atoms with Crippen molar-refractivity contribution in [1.82, 2.24) is 0 Å². The van der Waals surface area contributed by atoms with Gasteiger partial charge in [0.15, 0.2) is 6.29 Å². The standard InChI is InChI=1S/C26H44O7/c1-25-10-8-15(32-23-19(13-27)33-24(30)22(29)21(23)28)12-14(25)4-5-16-17-6-7-20(31-3)26(17,2)11-9-18(16)25/h14-24,27-30H,4-13H2,1-3H3/t14?,15?,16-,17-,18+,19+,20?,21-,22+,23-,24-,25-,26-/m0/s1. The molecule has 0 aromatic heterocycles. The number of methoxy groups -OCH3 is 1. The molecule has 1 aliphatic heterocycles. The van der Waals surface area contributed by atoms with Crippen LogP contribution in [-0.2, 0) is 14.2 Å². The van der Waals surface area contributed by atoms with E-state index >= 15 is 0 Å². The number of aliphatic hydroxyl groups is 4. The first kappa shape index (κ1) is 24.4. The van der Waals surface area contributed by atoms with Crippen molar-refractivity contribution in [3.05, 3.63) is 0 Å². The number of aliphatic hydroxyl groups excluding tert-OH is 4. The predicted molar refractivity (Wildman–Crippen MR) is 121 cm³/mol. The fraction of sp³-hybridized carbons (Fsp3) is 1.00. The lowest BCUT2D eigenvalue weighted by molar-refractivity contribution is -0.303. The van der Waals surface area contributed by atoms with Crippen LogP contribution in [0, 0.1) is 34.5 Å². The van der Waals surface area contributed by atoms with Crippen molar-refractivity contribution in [1.29, 1.82) is 0 Å². The van der Waals surface area contributed by atoms with Crippen LogP contribution in [0.2, 0.25) is 0 Å². The highest BCUT2D eigenvalue weighted by molar-refractivity contribution is 5.10. The Bertz CT molecular complexity index is 702. The summed E-state index contributed by atoms with van der Waals surface area (Å²) >= 11 is 0. The Balaban J connectivity index is 1.27. The van der Waals surface area contributed by atoms with E-state index in [-0.39, 0.29) is 12.7 Å². The molecule has 0 aromatic rings. The van der Waals surface area contributed by atoms with E-state index in [4.69, 9.17) is 14.2 Å². The Morgan fingerprint density at radius 2 is 1.61 bits per heavy atom. The van der Waals surface area contributed by atoms with Gasteiger partial charge in [-0.25, -0.2) is 0 Å². The minimum absolute atomic E-state index is 0.0300. The zero-order valence-corrected chi connectivity index (χ0v) is 20.4. The first-order chi connectivity index (χ1) is 15.7. The highest BCUT2D eigenvalue weighted by atomic mass is 16.7. The summed E-state index contributed by atoms with van der Waals surface area (Å²) in [6.07, 6.45) is 5.04. The number of ether oxygens (including phenoxy) is 3. The maximum Gasteiger partial charge on any atom is 0.184 e. The molecule has 33 heavy (non-hydrogen) atoms. The van der Waals surface area contributed by atoms with Crippen molar-refractivity contribution in [3.63, 3.8) is 0 Å². The summed E-state index contributed by atoms with van der Waals surface area (Å²) in [5, 5.41) is 40.0. The summed E-state index contributed by atoms with van der Waals surface area (Å²) < 4.78 is 17.5. The molecule has 0 amide bonds. The van der Waals surface area contributed by atoms with Gasteiger partial charge in [0.25, 0.3) is 0 Å². The summed E-state index contributed by atoms with van der Waals surface area (Å²) in [5.41, 5.74) is 0.657. The van der Waals surface area contributed by atoms with Gasteiger partial charge in [-0.1, -0.05) is 13.8 Å². The molecule has 0 aromatic carbocycles. The fourth-order valence-electron chi connectivity index (χ4n) is 9.14. The minimum Gasteiger partial charge on any atom is -0.394 e. The summed E-state index contributed by atoms with van der Waals surface area (Å²) in [6, 6.07) is 0. The molecule has 5 fully saturated rings. The second-order valence-electron chi connectivity index (χ2n) is 12.2. The van der Waals surface area contributed by atoms with Crippen molar-refractivity contribution >= 4 is 0 Å². The van der Waals surface area contributed by atoms with E-state index < -0.39 is 30.7 Å². The number of hydrogen-bond donors (Lipinski definition) is 4. The first-order valence-corrected chi connectivity index (χ1v) is 13.2. The van der Waals surface area contributed by atoms with Crippen molar-refractivity contribution in [3.8, 4) is 0 Å². The Morgan fingerprint density at radius 1 is 0.879 bits per heavy atom. The molecule has 4 N–H and O–H groups in total. The van der Waals surface area contributed by atoms with Gasteiger partial charge in [0, 0.05) is 7.11 Å². The van der Waals surface area contributed by atoms with Crippen LogP contribution in [0.5, 0.6) is 0 Å². The van der Waals surface area contributed by atoms with Gasteiger partial charge in [0.1, 0.15) is 24.4 Å². The Kier molecular flexibility index (Phi) is 6.65. The molecule has 1 saturated heterocycles. The van der Waals surface area contributed by atoms with E-state index in [0.717, 1.165) is 37.0 Å². The van der Waals surface area contributed by atoms with Gasteiger partial charge < -0.3 is 34.6 Å². The topological polar surface area (TPSA) is 109 Å². The summed E-state index contributed by atoms with van der Waals surface area (Å²) in [6.45, 7) is 4.63. The largest absolute Gasteiger partial charge is 0.394 e. The molecule has 3 unspecified atom stereocenters. The second kappa shape index (κ2) is 8.99. The van der Waals surface area contributed by atoms with Crippen LogP contribution in [0.3, 0.4) is 0 Å². The van der Waals surface area contributed by atoms with Gasteiger partial charge in [0.05, 0.1) is 18.8 Å². The van der Waals surface area contributed by atoms with E-state index in [1.807, 2.05) is 7.11 Å². The highest BCUT2D eigenvalue weighted by Crippen LogP contribution is 2.66. The SMILES string of the molecule is COC1CC[C@H]2[C@@H]3CCC4CC(O[C@@H]5[C@@H](O)[C@@H](O)[C@@H](O)O[C@@H]5CO)CC[C@]4(C)[C@@H]3CC[C@]12C. The molecule has 13 atom stereocenters. The van der Waals surface area contributed by atoms with Crippen LogP contribution in [0.1, 0.15) is 71.6 Å². The van der Waals surface area contributed by atoms with Crippen molar-refractivity contribution in [2.24, 2.45) is 34.5 Å². The Morgan fingerprint density at radius 3 is 2.33 bits per heavy atom. The van der Waals surface area contributed by atoms with Crippen LogP contribution < -0.4 is 0 Å².